The summed E-state index contributed by atoms with van der Waals surface area (Å²) in [6, 6.07) is 9.87. The quantitative estimate of drug-likeness (QED) is 0.782. The van der Waals surface area contributed by atoms with Crippen LogP contribution < -0.4 is 5.56 Å². The van der Waals surface area contributed by atoms with Crippen molar-refractivity contribution in [2.24, 2.45) is 18.9 Å². The van der Waals surface area contributed by atoms with Gasteiger partial charge in [0.25, 0.3) is 5.56 Å². The summed E-state index contributed by atoms with van der Waals surface area (Å²) in [5, 5.41) is 1.07. The molecule has 6 heteroatoms. The fraction of sp³-hybridized carbons (Fsp3) is 0.412. The van der Waals surface area contributed by atoms with E-state index < -0.39 is 0 Å². The molecule has 0 amide bonds. The average molecular weight is 335 g/mol. The zero-order valence-electron chi connectivity index (χ0n) is 12.9. The lowest BCUT2D eigenvalue weighted by molar-refractivity contribution is -0.141. The Morgan fingerprint density at radius 2 is 2.00 bits per heavy atom. The number of carbonyl (C=O) groups is 1. The van der Waals surface area contributed by atoms with Gasteiger partial charge in [0.2, 0.25) is 0 Å². The van der Waals surface area contributed by atoms with Crippen molar-refractivity contribution in [2.45, 2.75) is 6.54 Å². The Morgan fingerprint density at radius 3 is 2.78 bits per heavy atom. The lowest BCUT2D eigenvalue weighted by atomic mass is 10.0. The number of nitrogens with zero attached hydrogens (tertiary/aromatic N) is 2. The van der Waals surface area contributed by atoms with Crippen LogP contribution in [0.3, 0.4) is 0 Å². The van der Waals surface area contributed by atoms with Crippen LogP contribution in [0.15, 0.2) is 35.1 Å². The van der Waals surface area contributed by atoms with E-state index >= 15 is 0 Å². The van der Waals surface area contributed by atoms with Crippen LogP contribution in [-0.2, 0) is 23.1 Å². The number of likely N-dealkylation sites (tertiary alicyclic amines) is 1. The van der Waals surface area contributed by atoms with Gasteiger partial charge in [-0.05, 0) is 17.5 Å². The lowest BCUT2D eigenvalue weighted by Crippen LogP contribution is -2.29. The minimum Gasteiger partial charge on any atom is -0.465 e. The molecule has 3 heterocycles. The first-order valence-corrected chi connectivity index (χ1v) is 7.60. The monoisotopic (exact) mass is 334 g/mol. The van der Waals surface area contributed by atoms with E-state index in [1.54, 1.807) is 4.57 Å². The fourth-order valence-corrected chi connectivity index (χ4v) is 3.67. The minimum absolute atomic E-state index is 0. The second-order valence-electron chi connectivity index (χ2n) is 6.28. The Balaban J connectivity index is 0.00000156. The van der Waals surface area contributed by atoms with E-state index in [4.69, 9.17) is 4.74 Å². The van der Waals surface area contributed by atoms with E-state index in [9.17, 15) is 9.59 Å². The van der Waals surface area contributed by atoms with Gasteiger partial charge in [-0.2, -0.15) is 0 Å². The highest BCUT2D eigenvalue weighted by Gasteiger charge is 2.43. The molecule has 0 unspecified atom stereocenters. The molecule has 0 aliphatic carbocycles. The molecule has 23 heavy (non-hydrogen) atoms. The number of benzene rings is 1. The summed E-state index contributed by atoms with van der Waals surface area (Å²) in [6.45, 7) is 2.64. The summed E-state index contributed by atoms with van der Waals surface area (Å²) < 4.78 is 6.79. The number of rotatable bonds is 2. The van der Waals surface area contributed by atoms with Gasteiger partial charge in [-0.15, -0.1) is 12.4 Å². The molecule has 0 spiro atoms. The smallest absolute Gasteiger partial charge is 0.310 e. The van der Waals surface area contributed by atoms with Crippen molar-refractivity contribution in [3.05, 3.63) is 46.2 Å². The van der Waals surface area contributed by atoms with E-state index in [1.165, 1.54) is 0 Å². The predicted molar refractivity (Wildman–Crippen MR) is 89.7 cm³/mol. The van der Waals surface area contributed by atoms with Gasteiger partial charge in [0, 0.05) is 38.2 Å². The summed E-state index contributed by atoms with van der Waals surface area (Å²) in [6.07, 6.45) is 0. The third-order valence-electron chi connectivity index (χ3n) is 4.86. The molecule has 0 bridgehead atoms. The molecule has 2 atom stereocenters. The maximum absolute atomic E-state index is 12.5. The van der Waals surface area contributed by atoms with Gasteiger partial charge in [0.15, 0.2) is 0 Å². The van der Waals surface area contributed by atoms with E-state index in [-0.39, 0.29) is 35.8 Å². The first kappa shape index (κ1) is 16.0. The molecule has 5 nitrogen and oxygen atoms in total. The number of carbonyl (C=O) groups excluding carboxylic acids is 1. The number of cyclic esters (lactones) is 1. The number of aromatic nitrogens is 1. The van der Waals surface area contributed by atoms with E-state index in [2.05, 4.69) is 4.90 Å². The predicted octanol–water partition coefficient (Wildman–Crippen LogP) is 1.57. The van der Waals surface area contributed by atoms with Crippen LogP contribution in [0.5, 0.6) is 0 Å². The first-order valence-electron chi connectivity index (χ1n) is 7.60. The van der Waals surface area contributed by atoms with E-state index in [1.807, 2.05) is 37.4 Å². The Kier molecular flexibility index (Phi) is 4.17. The molecule has 2 aliphatic heterocycles. The van der Waals surface area contributed by atoms with Crippen LogP contribution in [0, 0.1) is 11.8 Å². The zero-order chi connectivity index (χ0) is 15.3. The number of para-hydroxylation sites is 1. The molecule has 4 rings (SSSR count). The Hall–Kier alpha value is -1.85. The van der Waals surface area contributed by atoms with Gasteiger partial charge < -0.3 is 9.30 Å². The maximum Gasteiger partial charge on any atom is 0.310 e. The van der Waals surface area contributed by atoms with Gasteiger partial charge >= 0.3 is 5.97 Å². The minimum atomic E-state index is -0.0843. The summed E-state index contributed by atoms with van der Waals surface area (Å²) >= 11 is 0. The maximum atomic E-state index is 12.5. The van der Waals surface area contributed by atoms with Gasteiger partial charge in [0.05, 0.1) is 18.0 Å². The summed E-state index contributed by atoms with van der Waals surface area (Å²) in [5.41, 5.74) is 1.77. The molecule has 0 radical (unpaired) electrons. The number of pyridine rings is 1. The second kappa shape index (κ2) is 5.98. The normalized spacial score (nSPS) is 23.6. The topological polar surface area (TPSA) is 51.5 Å². The van der Waals surface area contributed by atoms with Crippen molar-refractivity contribution in [1.29, 1.82) is 0 Å². The van der Waals surface area contributed by atoms with Crippen molar-refractivity contribution in [3.63, 3.8) is 0 Å². The summed E-state index contributed by atoms with van der Waals surface area (Å²) in [7, 11) is 1.81. The molecule has 122 valence electrons. The zero-order valence-corrected chi connectivity index (χ0v) is 13.7. The molecule has 2 fully saturated rings. The van der Waals surface area contributed by atoms with Crippen LogP contribution >= 0.6 is 12.4 Å². The lowest BCUT2D eigenvalue weighted by Gasteiger charge is -2.17. The van der Waals surface area contributed by atoms with Gasteiger partial charge in [-0.25, -0.2) is 0 Å². The molecule has 1 aromatic carbocycles. The fourth-order valence-electron chi connectivity index (χ4n) is 3.67. The molecule has 2 aromatic rings. The molecular formula is C17H19ClN2O3. The third kappa shape index (κ3) is 2.64. The largest absolute Gasteiger partial charge is 0.465 e. The highest BCUT2D eigenvalue weighted by atomic mass is 35.5. The number of hydrogen-bond donors (Lipinski definition) is 0. The molecule has 2 saturated heterocycles. The molecule has 0 N–H and O–H groups in total. The molecular weight excluding hydrogens is 316 g/mol. The van der Waals surface area contributed by atoms with E-state index in [0.717, 1.165) is 23.0 Å². The van der Waals surface area contributed by atoms with Gasteiger partial charge in [-0.3, -0.25) is 14.5 Å². The summed E-state index contributed by atoms with van der Waals surface area (Å²) in [4.78, 5) is 26.4. The van der Waals surface area contributed by atoms with Crippen LogP contribution in [0.4, 0.5) is 0 Å². The van der Waals surface area contributed by atoms with Crippen LogP contribution in [0.25, 0.3) is 10.9 Å². The van der Waals surface area contributed by atoms with Crippen molar-refractivity contribution in [2.75, 3.05) is 19.7 Å². The van der Waals surface area contributed by atoms with Gasteiger partial charge in [-0.1, -0.05) is 18.2 Å². The van der Waals surface area contributed by atoms with Crippen LogP contribution in [0.2, 0.25) is 0 Å². The van der Waals surface area contributed by atoms with Gasteiger partial charge in [0.1, 0.15) is 0 Å². The number of ether oxygens (including phenoxy) is 1. The SMILES string of the molecule is Cl.Cn1c(=O)c(CN2C[C@@H]3COC(=O)[C@@H]3C2)cc2ccccc21. The highest BCUT2D eigenvalue weighted by molar-refractivity contribution is 5.85. The number of aryl methyl sites for hydroxylation is 1. The van der Waals surface area contributed by atoms with Crippen LogP contribution in [0.1, 0.15) is 5.56 Å². The van der Waals surface area contributed by atoms with Crippen molar-refractivity contribution in [1.82, 2.24) is 9.47 Å². The Bertz CT molecular complexity index is 817. The second-order valence-corrected chi connectivity index (χ2v) is 6.28. The highest BCUT2D eigenvalue weighted by Crippen LogP contribution is 2.31. The molecule has 0 saturated carbocycles. The average Bonchev–Trinajstić information content (AvgIpc) is 3.07. The third-order valence-corrected chi connectivity index (χ3v) is 4.86. The van der Waals surface area contributed by atoms with Crippen molar-refractivity contribution >= 4 is 29.3 Å². The first-order chi connectivity index (χ1) is 10.6. The Labute approximate surface area is 140 Å². The number of hydrogen-bond acceptors (Lipinski definition) is 4. The number of fused-ring (bicyclic) bond motifs is 2. The standard InChI is InChI=1S/C17H18N2O3.ClH/c1-18-15-5-3-2-4-11(15)6-12(16(18)20)7-19-8-13-10-22-17(21)14(13)9-19;/h2-6,13-14H,7-10H2,1H3;1H/t13-,14-;/m1./s1. The van der Waals surface area contributed by atoms with E-state index in [0.29, 0.717) is 19.7 Å². The molecule has 1 aromatic heterocycles. The van der Waals surface area contributed by atoms with Crippen molar-refractivity contribution in [3.8, 4) is 0 Å². The molecule has 2 aliphatic rings. The number of esters is 1. The summed E-state index contributed by atoms with van der Waals surface area (Å²) in [5.74, 6) is 0.194. The Morgan fingerprint density at radius 1 is 1.22 bits per heavy atom. The van der Waals surface area contributed by atoms with Crippen molar-refractivity contribution < 1.29 is 9.53 Å². The number of halogens is 1. The van der Waals surface area contributed by atoms with Crippen LogP contribution in [-0.4, -0.2) is 35.1 Å².